The molecule has 1 amide bonds. The first-order valence-electron chi connectivity index (χ1n) is 5.74. The average Bonchev–Trinajstić information content (AvgIpc) is 2.38. The van der Waals surface area contributed by atoms with Crippen molar-refractivity contribution in [3.8, 4) is 0 Å². The highest BCUT2D eigenvalue weighted by Gasteiger charge is 2.43. The minimum atomic E-state index is -4.77. The first-order valence-corrected chi connectivity index (χ1v) is 6.82. The van der Waals surface area contributed by atoms with E-state index in [1.54, 1.807) is 0 Å². The molecule has 1 aliphatic rings. The maximum Gasteiger partial charge on any atom is 0.471 e. The minimum Gasteiger partial charge on any atom is -0.368 e. The second-order valence-corrected chi connectivity index (χ2v) is 5.50. The summed E-state index contributed by atoms with van der Waals surface area (Å²) in [6.45, 7) is 1.04. The molecule has 104 valence electrons. The predicted molar refractivity (Wildman–Crippen MR) is 74.0 cm³/mol. The second-order valence-electron chi connectivity index (χ2n) is 4.25. The molecular weight excluding hydrogens is 372 g/mol. The quantitative estimate of drug-likeness (QED) is 0.695. The Morgan fingerprint density at radius 2 is 1.58 bits per heavy atom. The van der Waals surface area contributed by atoms with Crippen LogP contribution in [0.4, 0.5) is 18.9 Å². The number of piperazine rings is 1. The van der Waals surface area contributed by atoms with Gasteiger partial charge in [0.25, 0.3) is 0 Å². The molecule has 0 aliphatic carbocycles. The Hall–Kier alpha value is -0.990. The number of hydrogen-bond acceptors (Lipinski definition) is 2. The van der Waals surface area contributed by atoms with E-state index in [1.165, 1.54) is 0 Å². The van der Waals surface area contributed by atoms with Gasteiger partial charge in [0.1, 0.15) is 0 Å². The maximum atomic E-state index is 12.3. The smallest absolute Gasteiger partial charge is 0.368 e. The molecule has 0 radical (unpaired) electrons. The predicted octanol–water partition coefficient (Wildman–Crippen LogP) is 2.50. The Bertz CT molecular complexity index is 453. The number of carbonyl (C=O) groups excluding carboxylic acids is 1. The molecule has 0 spiro atoms. The van der Waals surface area contributed by atoms with E-state index in [0.29, 0.717) is 13.1 Å². The van der Waals surface area contributed by atoms with E-state index < -0.39 is 12.1 Å². The van der Waals surface area contributed by atoms with Gasteiger partial charge in [-0.05, 0) is 46.9 Å². The van der Waals surface area contributed by atoms with Gasteiger partial charge >= 0.3 is 12.1 Å². The average molecular weight is 384 g/mol. The van der Waals surface area contributed by atoms with Gasteiger partial charge in [0.15, 0.2) is 0 Å². The summed E-state index contributed by atoms with van der Waals surface area (Å²) in [7, 11) is 0. The molecule has 1 saturated heterocycles. The fourth-order valence-electron chi connectivity index (χ4n) is 2.00. The van der Waals surface area contributed by atoms with Gasteiger partial charge in [-0.3, -0.25) is 4.79 Å². The lowest BCUT2D eigenvalue weighted by Gasteiger charge is -2.36. The van der Waals surface area contributed by atoms with Crippen molar-refractivity contribution in [2.75, 3.05) is 31.1 Å². The first kappa shape index (κ1) is 14.4. The van der Waals surface area contributed by atoms with Gasteiger partial charge in [-0.2, -0.15) is 13.2 Å². The van der Waals surface area contributed by atoms with Crippen molar-refractivity contribution < 1.29 is 18.0 Å². The van der Waals surface area contributed by atoms with Crippen LogP contribution in [0.2, 0.25) is 0 Å². The van der Waals surface area contributed by atoms with E-state index in [0.717, 1.165) is 14.2 Å². The third-order valence-corrected chi connectivity index (χ3v) is 3.72. The van der Waals surface area contributed by atoms with E-state index in [4.69, 9.17) is 0 Å². The highest BCUT2D eigenvalue weighted by molar-refractivity contribution is 14.1. The number of anilines is 1. The molecule has 0 atom stereocenters. The first-order chi connectivity index (χ1) is 8.88. The Morgan fingerprint density at radius 1 is 1.05 bits per heavy atom. The molecule has 2 rings (SSSR count). The number of carbonyl (C=O) groups is 1. The molecule has 0 N–H and O–H groups in total. The summed E-state index contributed by atoms with van der Waals surface area (Å²) in [5.41, 5.74) is 0.972. The SMILES string of the molecule is O=C(N1CCN(c2ccc(I)cc2)CC1)C(F)(F)F. The summed E-state index contributed by atoms with van der Waals surface area (Å²) < 4.78 is 38.0. The Labute approximate surface area is 122 Å². The van der Waals surface area contributed by atoms with Crippen molar-refractivity contribution in [1.29, 1.82) is 0 Å². The fourth-order valence-corrected chi connectivity index (χ4v) is 2.36. The standard InChI is InChI=1S/C12H12F3IN2O/c13-12(14,15)11(19)18-7-5-17(6-8-18)10-3-1-9(16)2-4-10/h1-4H,5-8H2. The molecule has 3 nitrogen and oxygen atoms in total. The lowest BCUT2D eigenvalue weighted by atomic mass is 10.2. The van der Waals surface area contributed by atoms with E-state index in [1.807, 2.05) is 29.2 Å². The van der Waals surface area contributed by atoms with Crippen LogP contribution in [0.3, 0.4) is 0 Å². The maximum absolute atomic E-state index is 12.3. The van der Waals surface area contributed by atoms with Crippen LogP contribution in [0.1, 0.15) is 0 Å². The summed E-state index contributed by atoms with van der Waals surface area (Å²) in [5.74, 6) is -1.74. The van der Waals surface area contributed by atoms with E-state index >= 15 is 0 Å². The Balaban J connectivity index is 1.96. The molecule has 1 aliphatic heterocycles. The largest absolute Gasteiger partial charge is 0.471 e. The fraction of sp³-hybridized carbons (Fsp3) is 0.417. The Kier molecular flexibility index (Phi) is 4.22. The van der Waals surface area contributed by atoms with Gasteiger partial charge in [-0.15, -0.1) is 0 Å². The highest BCUT2D eigenvalue weighted by atomic mass is 127. The molecular formula is C12H12F3IN2O. The van der Waals surface area contributed by atoms with Crippen molar-refractivity contribution in [1.82, 2.24) is 4.90 Å². The van der Waals surface area contributed by atoms with Crippen molar-refractivity contribution in [3.63, 3.8) is 0 Å². The second kappa shape index (κ2) is 5.56. The van der Waals surface area contributed by atoms with Crippen LogP contribution >= 0.6 is 22.6 Å². The number of hydrogen-bond donors (Lipinski definition) is 0. The number of benzene rings is 1. The lowest BCUT2D eigenvalue weighted by Crippen LogP contribution is -2.52. The summed E-state index contributed by atoms with van der Waals surface area (Å²) in [6.07, 6.45) is -4.77. The van der Waals surface area contributed by atoms with Crippen LogP contribution in [0.25, 0.3) is 0 Å². The lowest BCUT2D eigenvalue weighted by molar-refractivity contribution is -0.185. The number of nitrogens with zero attached hydrogens (tertiary/aromatic N) is 2. The van der Waals surface area contributed by atoms with Crippen LogP contribution in [-0.2, 0) is 4.79 Å². The van der Waals surface area contributed by atoms with Gasteiger partial charge in [-0.25, -0.2) is 0 Å². The summed E-state index contributed by atoms with van der Waals surface area (Å²) in [4.78, 5) is 13.9. The van der Waals surface area contributed by atoms with Crippen LogP contribution < -0.4 is 4.90 Å². The summed E-state index contributed by atoms with van der Waals surface area (Å²) in [5, 5.41) is 0. The summed E-state index contributed by atoms with van der Waals surface area (Å²) in [6, 6.07) is 7.76. The molecule has 0 bridgehead atoms. The van der Waals surface area contributed by atoms with E-state index in [-0.39, 0.29) is 13.1 Å². The van der Waals surface area contributed by atoms with Gasteiger partial charge in [0, 0.05) is 35.4 Å². The molecule has 1 aromatic rings. The van der Waals surface area contributed by atoms with E-state index in [2.05, 4.69) is 22.6 Å². The minimum absolute atomic E-state index is 0.102. The van der Waals surface area contributed by atoms with Gasteiger partial charge in [0.2, 0.25) is 0 Å². The molecule has 1 aromatic carbocycles. The molecule has 19 heavy (non-hydrogen) atoms. The topological polar surface area (TPSA) is 23.6 Å². The number of rotatable bonds is 1. The monoisotopic (exact) mass is 384 g/mol. The third-order valence-electron chi connectivity index (χ3n) is 3.00. The van der Waals surface area contributed by atoms with Crippen LogP contribution in [0, 0.1) is 3.57 Å². The Morgan fingerprint density at radius 3 is 2.05 bits per heavy atom. The molecule has 0 aromatic heterocycles. The zero-order valence-corrected chi connectivity index (χ0v) is 12.1. The molecule has 7 heteroatoms. The zero-order chi connectivity index (χ0) is 14.0. The molecule has 1 heterocycles. The number of alkyl halides is 3. The van der Waals surface area contributed by atoms with Crippen molar-refractivity contribution in [2.24, 2.45) is 0 Å². The molecule has 0 unspecified atom stereocenters. The van der Waals surface area contributed by atoms with Gasteiger partial charge in [-0.1, -0.05) is 0 Å². The number of halogens is 4. The molecule has 1 fully saturated rings. The molecule has 0 saturated carbocycles. The van der Waals surface area contributed by atoms with Crippen molar-refractivity contribution in [2.45, 2.75) is 6.18 Å². The van der Waals surface area contributed by atoms with Crippen LogP contribution in [0.5, 0.6) is 0 Å². The number of amides is 1. The normalized spacial score (nSPS) is 16.6. The van der Waals surface area contributed by atoms with E-state index in [9.17, 15) is 18.0 Å². The van der Waals surface area contributed by atoms with Crippen molar-refractivity contribution >= 4 is 34.2 Å². The van der Waals surface area contributed by atoms with Crippen molar-refractivity contribution in [3.05, 3.63) is 27.8 Å². The third kappa shape index (κ3) is 3.52. The summed E-state index contributed by atoms with van der Waals surface area (Å²) >= 11 is 2.19. The van der Waals surface area contributed by atoms with Crippen LogP contribution in [0.15, 0.2) is 24.3 Å². The van der Waals surface area contributed by atoms with Crippen LogP contribution in [-0.4, -0.2) is 43.2 Å². The zero-order valence-electron chi connectivity index (χ0n) is 9.95. The van der Waals surface area contributed by atoms with Gasteiger partial charge in [0.05, 0.1) is 0 Å². The highest BCUT2D eigenvalue weighted by Crippen LogP contribution is 2.22. The van der Waals surface area contributed by atoms with Gasteiger partial charge < -0.3 is 9.80 Å².